The smallest absolute Gasteiger partial charge is 0.365 e. The Hall–Kier alpha value is -1.73. The van der Waals surface area contributed by atoms with E-state index < -0.39 is 5.97 Å². The van der Waals surface area contributed by atoms with Gasteiger partial charge in [0.1, 0.15) is 5.76 Å². The van der Waals surface area contributed by atoms with Crippen molar-refractivity contribution in [3.8, 4) is 0 Å². The van der Waals surface area contributed by atoms with Crippen LogP contribution in [0.3, 0.4) is 0 Å². The molecule has 2 aromatic heterocycles. The lowest BCUT2D eigenvalue weighted by molar-refractivity contribution is 0.0696. The minimum absolute atomic E-state index is 0.115. The first-order valence-electron chi connectivity index (χ1n) is 5.38. The molecule has 0 radical (unpaired) electrons. The Labute approximate surface area is 108 Å². The highest BCUT2D eigenvalue weighted by Crippen LogP contribution is 2.13. The van der Waals surface area contributed by atoms with Crippen molar-refractivity contribution in [2.45, 2.75) is 26.9 Å². The molecule has 0 saturated carbocycles. The van der Waals surface area contributed by atoms with Gasteiger partial charge in [-0.25, -0.2) is 9.78 Å². The van der Waals surface area contributed by atoms with Gasteiger partial charge in [0.2, 0.25) is 5.01 Å². The van der Waals surface area contributed by atoms with Gasteiger partial charge in [-0.2, -0.15) is 0 Å². The third-order valence-corrected chi connectivity index (χ3v) is 3.40. The van der Waals surface area contributed by atoms with Crippen LogP contribution >= 0.6 is 11.3 Å². The third-order valence-electron chi connectivity index (χ3n) is 2.52. The van der Waals surface area contributed by atoms with E-state index >= 15 is 0 Å². The van der Waals surface area contributed by atoms with Gasteiger partial charge in [-0.3, -0.25) is 0 Å². The number of hydrogen-bond acceptors (Lipinski definition) is 6. The van der Waals surface area contributed by atoms with Crippen molar-refractivity contribution in [3.05, 3.63) is 33.1 Å². The van der Waals surface area contributed by atoms with Gasteiger partial charge in [-0.05, 0) is 13.8 Å². The molecule has 18 heavy (non-hydrogen) atoms. The molecule has 0 bridgehead atoms. The van der Waals surface area contributed by atoms with Gasteiger partial charge in [0.25, 0.3) is 0 Å². The van der Waals surface area contributed by atoms with Crippen LogP contribution in [-0.4, -0.2) is 21.2 Å². The lowest BCUT2D eigenvalue weighted by Gasteiger charge is -2.01. The first-order chi connectivity index (χ1) is 8.58. The number of aromatic nitrogens is 2. The van der Waals surface area contributed by atoms with Crippen molar-refractivity contribution < 1.29 is 14.4 Å². The monoisotopic (exact) mass is 267 g/mol. The van der Waals surface area contributed by atoms with E-state index in [0.717, 1.165) is 34.0 Å². The molecule has 7 heteroatoms. The molecule has 2 rings (SSSR count). The molecule has 96 valence electrons. The highest BCUT2D eigenvalue weighted by atomic mass is 32.1. The van der Waals surface area contributed by atoms with Gasteiger partial charge in [0, 0.05) is 24.0 Å². The van der Waals surface area contributed by atoms with Gasteiger partial charge in [0.15, 0.2) is 0 Å². The number of carboxylic acids is 1. The minimum Gasteiger partial charge on any atom is -0.476 e. The average molecular weight is 267 g/mol. The molecule has 0 amide bonds. The van der Waals surface area contributed by atoms with Crippen molar-refractivity contribution in [3.63, 3.8) is 0 Å². The molecule has 2 heterocycles. The van der Waals surface area contributed by atoms with Crippen LogP contribution in [0.25, 0.3) is 0 Å². The van der Waals surface area contributed by atoms with E-state index in [-0.39, 0.29) is 5.01 Å². The molecule has 0 spiro atoms. The number of carboxylic acid groups (broad SMARTS) is 1. The summed E-state index contributed by atoms with van der Waals surface area (Å²) in [5.41, 5.74) is 2.62. The van der Waals surface area contributed by atoms with E-state index in [1.54, 1.807) is 5.38 Å². The quantitative estimate of drug-likeness (QED) is 0.857. The second-order valence-corrected chi connectivity index (χ2v) is 4.71. The summed E-state index contributed by atoms with van der Waals surface area (Å²) < 4.78 is 5.05. The molecule has 0 fully saturated rings. The summed E-state index contributed by atoms with van der Waals surface area (Å²) in [6.07, 6.45) is 0. The van der Waals surface area contributed by atoms with E-state index in [2.05, 4.69) is 15.5 Å². The summed E-state index contributed by atoms with van der Waals surface area (Å²) in [6.45, 7) is 4.90. The van der Waals surface area contributed by atoms with Gasteiger partial charge in [-0.1, -0.05) is 5.16 Å². The first-order valence-corrected chi connectivity index (χ1v) is 6.26. The molecule has 0 aliphatic rings. The molecule has 0 aromatic carbocycles. The fourth-order valence-corrected chi connectivity index (χ4v) is 2.21. The Balaban J connectivity index is 1.90. The minimum atomic E-state index is -0.989. The number of thiazole rings is 1. The summed E-state index contributed by atoms with van der Waals surface area (Å²) >= 11 is 1.13. The summed E-state index contributed by atoms with van der Waals surface area (Å²) in [7, 11) is 0. The topological polar surface area (TPSA) is 88.2 Å². The number of rotatable bonds is 5. The van der Waals surface area contributed by atoms with Gasteiger partial charge in [-0.15, -0.1) is 11.3 Å². The highest BCUT2D eigenvalue weighted by molar-refractivity contribution is 7.11. The van der Waals surface area contributed by atoms with Crippen molar-refractivity contribution in [1.29, 1.82) is 0 Å². The standard InChI is InChI=1S/C11H13N3O3S/c1-6-9(7(2)17-14-6)4-12-3-8-5-18-10(13-8)11(15)16/h5,12H,3-4H2,1-2H3,(H,15,16). The lowest BCUT2D eigenvalue weighted by atomic mass is 10.2. The average Bonchev–Trinajstić information content (AvgIpc) is 2.90. The maximum Gasteiger partial charge on any atom is 0.365 e. The number of carbonyl (C=O) groups is 1. The number of aryl methyl sites for hydroxylation is 2. The molecule has 0 aliphatic carbocycles. The van der Waals surface area contributed by atoms with Gasteiger partial charge < -0.3 is 14.9 Å². The second kappa shape index (κ2) is 5.28. The maximum atomic E-state index is 10.7. The summed E-state index contributed by atoms with van der Waals surface area (Å²) in [4.78, 5) is 14.7. The Morgan fingerprint density at radius 1 is 1.50 bits per heavy atom. The zero-order chi connectivity index (χ0) is 13.1. The van der Waals surface area contributed by atoms with E-state index in [4.69, 9.17) is 9.63 Å². The molecule has 2 aromatic rings. The highest BCUT2D eigenvalue weighted by Gasteiger charge is 2.10. The molecule has 6 nitrogen and oxygen atoms in total. The third kappa shape index (κ3) is 2.74. The van der Waals surface area contributed by atoms with Gasteiger partial charge >= 0.3 is 5.97 Å². The predicted octanol–water partition coefficient (Wildman–Crippen LogP) is 1.74. The van der Waals surface area contributed by atoms with Gasteiger partial charge in [0.05, 0.1) is 11.4 Å². The fraction of sp³-hybridized carbons (Fsp3) is 0.364. The van der Waals surface area contributed by atoms with Crippen molar-refractivity contribution in [2.24, 2.45) is 0 Å². The molecular formula is C11H13N3O3S. The summed E-state index contributed by atoms with van der Waals surface area (Å²) in [5.74, 6) is -0.193. The SMILES string of the molecule is Cc1noc(C)c1CNCc1csc(C(=O)O)n1. The molecular weight excluding hydrogens is 254 g/mol. The molecule has 0 saturated heterocycles. The first kappa shape index (κ1) is 12.7. The maximum absolute atomic E-state index is 10.7. The van der Waals surface area contributed by atoms with Crippen molar-refractivity contribution in [1.82, 2.24) is 15.5 Å². The van der Waals surface area contributed by atoms with E-state index in [1.165, 1.54) is 0 Å². The van der Waals surface area contributed by atoms with E-state index in [9.17, 15) is 4.79 Å². The Morgan fingerprint density at radius 2 is 2.28 bits per heavy atom. The summed E-state index contributed by atoms with van der Waals surface area (Å²) in [5, 5.41) is 17.7. The zero-order valence-corrected chi connectivity index (χ0v) is 10.9. The van der Waals surface area contributed by atoms with Crippen LogP contribution in [0.4, 0.5) is 0 Å². The fourth-order valence-electron chi connectivity index (χ4n) is 1.56. The lowest BCUT2D eigenvalue weighted by Crippen LogP contribution is -2.14. The number of aromatic carboxylic acids is 1. The van der Waals surface area contributed by atoms with Crippen LogP contribution < -0.4 is 5.32 Å². The molecule has 0 atom stereocenters. The normalized spacial score (nSPS) is 10.8. The van der Waals surface area contributed by atoms with Crippen LogP contribution in [0.15, 0.2) is 9.90 Å². The number of nitrogens with one attached hydrogen (secondary N) is 1. The zero-order valence-electron chi connectivity index (χ0n) is 10.1. The Morgan fingerprint density at radius 3 is 2.83 bits per heavy atom. The van der Waals surface area contributed by atoms with Crippen LogP contribution in [0.5, 0.6) is 0 Å². The Bertz CT molecular complexity index is 542. The molecule has 0 aliphatic heterocycles. The van der Waals surface area contributed by atoms with Crippen molar-refractivity contribution in [2.75, 3.05) is 0 Å². The Kier molecular flexibility index (Phi) is 3.73. The number of hydrogen-bond donors (Lipinski definition) is 2. The van der Waals surface area contributed by atoms with Crippen LogP contribution in [-0.2, 0) is 13.1 Å². The second-order valence-electron chi connectivity index (χ2n) is 3.86. The van der Waals surface area contributed by atoms with Crippen molar-refractivity contribution >= 4 is 17.3 Å². The molecule has 2 N–H and O–H groups in total. The summed E-state index contributed by atoms with van der Waals surface area (Å²) in [6, 6.07) is 0. The van der Waals surface area contributed by atoms with Crippen LogP contribution in [0, 0.1) is 13.8 Å². The predicted molar refractivity (Wildman–Crippen MR) is 65.6 cm³/mol. The van der Waals surface area contributed by atoms with Crippen LogP contribution in [0.2, 0.25) is 0 Å². The van der Waals surface area contributed by atoms with E-state index in [0.29, 0.717) is 13.1 Å². The molecule has 0 unspecified atom stereocenters. The largest absolute Gasteiger partial charge is 0.476 e. The van der Waals surface area contributed by atoms with E-state index in [1.807, 2.05) is 13.8 Å². The van der Waals surface area contributed by atoms with Crippen LogP contribution in [0.1, 0.15) is 32.5 Å². The number of nitrogens with zero attached hydrogens (tertiary/aromatic N) is 2.